The molecule has 31 heavy (non-hydrogen) atoms. The van der Waals surface area contributed by atoms with Crippen LogP contribution in [0.25, 0.3) is 0 Å². The van der Waals surface area contributed by atoms with Crippen molar-refractivity contribution >= 4 is 27.3 Å². The molecule has 1 fully saturated rings. The quantitative estimate of drug-likeness (QED) is 0.661. The molecular weight excluding hydrogens is 431 g/mol. The average Bonchev–Trinajstić information content (AvgIpc) is 2.77. The molecule has 1 amide bonds. The van der Waals surface area contributed by atoms with Gasteiger partial charge in [-0.05, 0) is 56.0 Å². The third-order valence-corrected chi connectivity index (χ3v) is 6.64. The van der Waals surface area contributed by atoms with E-state index in [-0.39, 0.29) is 10.6 Å². The van der Waals surface area contributed by atoms with Gasteiger partial charge in [-0.1, -0.05) is 30.7 Å². The van der Waals surface area contributed by atoms with Gasteiger partial charge in [-0.3, -0.25) is 9.10 Å². The number of hydrogen-bond donors (Lipinski definition) is 1. The van der Waals surface area contributed by atoms with Crippen molar-refractivity contribution in [2.45, 2.75) is 43.2 Å². The largest absolute Gasteiger partial charge is 0.416 e. The van der Waals surface area contributed by atoms with Crippen molar-refractivity contribution in [3.05, 3.63) is 60.2 Å². The third kappa shape index (κ3) is 5.84. The Labute approximate surface area is 178 Å². The minimum Gasteiger partial charge on any atom is -0.271 e. The summed E-state index contributed by atoms with van der Waals surface area (Å²) in [7, 11) is -4.30. The molecule has 2 aromatic rings. The number of anilines is 1. The van der Waals surface area contributed by atoms with E-state index < -0.39 is 34.2 Å². The van der Waals surface area contributed by atoms with Gasteiger partial charge in [0.2, 0.25) is 0 Å². The van der Waals surface area contributed by atoms with Crippen LogP contribution in [0, 0.1) is 0 Å². The van der Waals surface area contributed by atoms with Crippen LogP contribution in [0.15, 0.2) is 64.6 Å². The predicted octanol–water partition coefficient (Wildman–Crippen LogP) is 4.34. The van der Waals surface area contributed by atoms with Crippen LogP contribution in [-0.4, -0.2) is 26.6 Å². The van der Waals surface area contributed by atoms with Gasteiger partial charge in [0.05, 0.1) is 16.1 Å². The maximum Gasteiger partial charge on any atom is 0.416 e. The number of halogens is 3. The van der Waals surface area contributed by atoms with Gasteiger partial charge in [0.1, 0.15) is 6.54 Å². The van der Waals surface area contributed by atoms with Gasteiger partial charge in [0.25, 0.3) is 15.9 Å². The average molecular weight is 453 g/mol. The lowest BCUT2D eigenvalue weighted by Crippen LogP contribution is -2.40. The number of amides is 1. The van der Waals surface area contributed by atoms with E-state index in [2.05, 4.69) is 10.5 Å². The molecule has 1 N–H and O–H groups in total. The van der Waals surface area contributed by atoms with Crippen molar-refractivity contribution in [3.8, 4) is 0 Å². The van der Waals surface area contributed by atoms with Gasteiger partial charge < -0.3 is 0 Å². The van der Waals surface area contributed by atoms with Crippen LogP contribution in [0.2, 0.25) is 0 Å². The fourth-order valence-electron chi connectivity index (χ4n) is 3.25. The summed E-state index contributed by atoms with van der Waals surface area (Å²) in [5, 5.41) is 4.06. The number of hydrogen-bond acceptors (Lipinski definition) is 4. The van der Waals surface area contributed by atoms with E-state index in [1.165, 1.54) is 30.3 Å². The van der Waals surface area contributed by atoms with Crippen LogP contribution in [0.5, 0.6) is 0 Å². The lowest BCUT2D eigenvalue weighted by atomic mass is 9.99. The summed E-state index contributed by atoms with van der Waals surface area (Å²) in [6.07, 6.45) is -0.139. The molecule has 10 heteroatoms. The number of sulfonamides is 1. The fourth-order valence-corrected chi connectivity index (χ4v) is 4.68. The minimum absolute atomic E-state index is 0.140. The number of rotatable bonds is 6. The summed E-state index contributed by atoms with van der Waals surface area (Å²) < 4.78 is 66.5. The van der Waals surface area contributed by atoms with Crippen LogP contribution in [0.1, 0.15) is 37.7 Å². The Bertz CT molecular complexity index is 1050. The highest BCUT2D eigenvalue weighted by Crippen LogP contribution is 2.33. The molecule has 1 aliphatic carbocycles. The molecule has 166 valence electrons. The van der Waals surface area contributed by atoms with E-state index in [0.717, 1.165) is 49.9 Å². The first-order chi connectivity index (χ1) is 14.7. The van der Waals surface area contributed by atoms with E-state index in [0.29, 0.717) is 10.4 Å². The zero-order valence-corrected chi connectivity index (χ0v) is 17.4. The van der Waals surface area contributed by atoms with Gasteiger partial charge in [-0.25, -0.2) is 13.8 Å². The molecule has 0 radical (unpaired) electrons. The topological polar surface area (TPSA) is 78.8 Å². The Balaban J connectivity index is 1.92. The Morgan fingerprint density at radius 1 is 1.00 bits per heavy atom. The number of alkyl halides is 3. The van der Waals surface area contributed by atoms with Crippen LogP contribution in [0.4, 0.5) is 18.9 Å². The van der Waals surface area contributed by atoms with Gasteiger partial charge in [-0.15, -0.1) is 0 Å². The zero-order chi connectivity index (χ0) is 22.5. The van der Waals surface area contributed by atoms with Crippen LogP contribution in [0.3, 0.4) is 0 Å². The Kier molecular flexibility index (Phi) is 6.99. The molecule has 1 aliphatic rings. The van der Waals surface area contributed by atoms with Crippen LogP contribution < -0.4 is 9.73 Å². The normalized spacial score (nSPS) is 14.7. The number of nitrogens with one attached hydrogen (secondary N) is 1. The Morgan fingerprint density at radius 3 is 2.32 bits per heavy atom. The number of benzene rings is 2. The Hall–Kier alpha value is -2.88. The summed E-state index contributed by atoms with van der Waals surface area (Å²) in [6, 6.07) is 11.1. The van der Waals surface area contributed by atoms with Crippen molar-refractivity contribution in [1.29, 1.82) is 0 Å². The fraction of sp³-hybridized carbons (Fsp3) is 0.333. The molecule has 0 aliphatic heterocycles. The van der Waals surface area contributed by atoms with Crippen LogP contribution in [-0.2, 0) is 21.0 Å². The smallest absolute Gasteiger partial charge is 0.271 e. The number of hydrazone groups is 1. The summed E-state index contributed by atoms with van der Waals surface area (Å²) in [6.45, 7) is -0.713. The predicted molar refractivity (Wildman–Crippen MR) is 111 cm³/mol. The first-order valence-corrected chi connectivity index (χ1v) is 11.2. The number of carbonyl (C=O) groups is 1. The number of nitrogens with zero attached hydrogens (tertiary/aromatic N) is 2. The van der Waals surface area contributed by atoms with Crippen molar-refractivity contribution < 1.29 is 26.4 Å². The molecule has 0 unspecified atom stereocenters. The first kappa shape index (κ1) is 22.8. The first-order valence-electron chi connectivity index (χ1n) is 9.77. The lowest BCUT2D eigenvalue weighted by molar-refractivity contribution is -0.137. The molecular formula is C21H22F3N3O3S. The summed E-state index contributed by atoms with van der Waals surface area (Å²) >= 11 is 0. The van der Waals surface area contributed by atoms with E-state index in [9.17, 15) is 26.4 Å². The molecule has 0 atom stereocenters. The Morgan fingerprint density at radius 2 is 1.68 bits per heavy atom. The molecule has 2 aromatic carbocycles. The monoisotopic (exact) mass is 453 g/mol. The summed E-state index contributed by atoms with van der Waals surface area (Å²) in [5.74, 6) is -0.741. The highest BCUT2D eigenvalue weighted by atomic mass is 32.2. The second-order valence-electron chi connectivity index (χ2n) is 7.15. The van der Waals surface area contributed by atoms with E-state index in [1.54, 1.807) is 6.07 Å². The SMILES string of the molecule is O=C(CN(c1cccc(C(F)(F)F)c1)S(=O)(=O)c1ccccc1)NN=C1CCCCC1. The second kappa shape index (κ2) is 9.51. The van der Waals surface area contributed by atoms with Crippen molar-refractivity contribution in [3.63, 3.8) is 0 Å². The molecule has 6 nitrogen and oxygen atoms in total. The maximum absolute atomic E-state index is 13.2. The zero-order valence-electron chi connectivity index (χ0n) is 16.6. The lowest BCUT2D eigenvalue weighted by Gasteiger charge is -2.24. The van der Waals surface area contributed by atoms with E-state index >= 15 is 0 Å². The summed E-state index contributed by atoms with van der Waals surface area (Å²) in [4.78, 5) is 12.3. The maximum atomic E-state index is 13.2. The molecule has 1 saturated carbocycles. The molecule has 3 rings (SSSR count). The molecule has 0 saturated heterocycles. The third-order valence-electron chi connectivity index (χ3n) is 4.85. The van der Waals surface area contributed by atoms with Crippen LogP contribution >= 0.6 is 0 Å². The van der Waals surface area contributed by atoms with Gasteiger partial charge >= 0.3 is 6.18 Å². The molecule has 0 bridgehead atoms. The van der Waals surface area contributed by atoms with Gasteiger partial charge in [-0.2, -0.15) is 18.3 Å². The standard InChI is InChI=1S/C21H22F3N3O3S/c22-21(23,24)16-8-7-11-18(14-16)27(31(29,30)19-12-5-2-6-13-19)15-20(28)26-25-17-9-3-1-4-10-17/h2,5-8,11-14H,1,3-4,9-10,15H2,(H,26,28). The summed E-state index contributed by atoms with van der Waals surface area (Å²) in [5.41, 5.74) is 1.88. The highest BCUT2D eigenvalue weighted by molar-refractivity contribution is 7.92. The number of carbonyl (C=O) groups excluding carboxylic acids is 1. The van der Waals surface area contributed by atoms with E-state index in [1.807, 2.05) is 0 Å². The minimum atomic E-state index is -4.66. The van der Waals surface area contributed by atoms with E-state index in [4.69, 9.17) is 0 Å². The second-order valence-corrected chi connectivity index (χ2v) is 9.01. The van der Waals surface area contributed by atoms with Crippen molar-refractivity contribution in [2.75, 3.05) is 10.8 Å². The van der Waals surface area contributed by atoms with Gasteiger partial charge in [0, 0.05) is 5.71 Å². The molecule has 0 aromatic heterocycles. The molecule has 0 spiro atoms. The highest BCUT2D eigenvalue weighted by Gasteiger charge is 2.33. The molecule has 0 heterocycles. The van der Waals surface area contributed by atoms with Gasteiger partial charge in [0.15, 0.2) is 0 Å². The van der Waals surface area contributed by atoms with Crippen molar-refractivity contribution in [2.24, 2.45) is 5.10 Å². The van der Waals surface area contributed by atoms with Crippen molar-refractivity contribution in [1.82, 2.24) is 5.43 Å².